The standard InChI is InChI=1S/C15H29NO2/c1-2-3-10-17-13-9-16-14-5-4-6-15(14)7-11-18-12-8-15/h14,16H,2-13H2,1H3. The first-order valence-electron chi connectivity index (χ1n) is 7.76. The molecule has 1 unspecified atom stereocenters. The van der Waals surface area contributed by atoms with Gasteiger partial charge in [-0.1, -0.05) is 19.8 Å². The van der Waals surface area contributed by atoms with Crippen LogP contribution in [0.4, 0.5) is 0 Å². The quantitative estimate of drug-likeness (QED) is 0.710. The third kappa shape index (κ3) is 3.69. The Kier molecular flexibility index (Phi) is 5.93. The van der Waals surface area contributed by atoms with Crippen LogP contribution >= 0.6 is 0 Å². The van der Waals surface area contributed by atoms with Gasteiger partial charge in [0.1, 0.15) is 0 Å². The fourth-order valence-corrected chi connectivity index (χ4v) is 3.49. The van der Waals surface area contributed by atoms with Crippen LogP contribution in [-0.2, 0) is 9.47 Å². The van der Waals surface area contributed by atoms with Crippen LogP contribution in [0.2, 0.25) is 0 Å². The zero-order valence-electron chi connectivity index (χ0n) is 11.9. The summed E-state index contributed by atoms with van der Waals surface area (Å²) in [6.45, 7) is 6.92. The summed E-state index contributed by atoms with van der Waals surface area (Å²) in [5.41, 5.74) is 0.543. The summed E-state index contributed by atoms with van der Waals surface area (Å²) in [6.07, 6.45) is 9.03. The van der Waals surface area contributed by atoms with Gasteiger partial charge < -0.3 is 14.8 Å². The molecule has 1 saturated heterocycles. The Bertz CT molecular complexity index is 227. The minimum atomic E-state index is 0.543. The SMILES string of the molecule is CCCCOCCNC1CCCC12CCOCC2. The second-order valence-electron chi connectivity index (χ2n) is 5.84. The Hall–Kier alpha value is -0.120. The van der Waals surface area contributed by atoms with Crippen molar-refractivity contribution >= 4 is 0 Å². The van der Waals surface area contributed by atoms with Crippen molar-refractivity contribution in [3.8, 4) is 0 Å². The second-order valence-corrected chi connectivity index (χ2v) is 5.84. The van der Waals surface area contributed by atoms with Gasteiger partial charge in [0.2, 0.25) is 0 Å². The molecule has 106 valence electrons. The van der Waals surface area contributed by atoms with E-state index >= 15 is 0 Å². The summed E-state index contributed by atoms with van der Waals surface area (Å²) in [6, 6.07) is 0.705. The molecule has 0 bridgehead atoms. The molecule has 0 amide bonds. The van der Waals surface area contributed by atoms with Crippen LogP contribution in [0.3, 0.4) is 0 Å². The summed E-state index contributed by atoms with van der Waals surface area (Å²) in [5, 5.41) is 3.74. The van der Waals surface area contributed by atoms with Gasteiger partial charge in [-0.05, 0) is 37.5 Å². The van der Waals surface area contributed by atoms with E-state index in [0.717, 1.165) is 33.0 Å². The molecule has 0 radical (unpaired) electrons. The first kappa shape index (κ1) is 14.3. The number of rotatable bonds is 7. The molecule has 1 aliphatic heterocycles. The van der Waals surface area contributed by atoms with Crippen LogP contribution < -0.4 is 5.32 Å². The van der Waals surface area contributed by atoms with Crippen molar-refractivity contribution in [1.82, 2.24) is 5.32 Å². The van der Waals surface area contributed by atoms with Crippen LogP contribution in [0.25, 0.3) is 0 Å². The van der Waals surface area contributed by atoms with Gasteiger partial charge in [-0.3, -0.25) is 0 Å². The minimum absolute atomic E-state index is 0.543. The Morgan fingerprint density at radius 3 is 2.83 bits per heavy atom. The number of unbranched alkanes of at least 4 members (excludes halogenated alkanes) is 1. The summed E-state index contributed by atoms with van der Waals surface area (Å²) < 4.78 is 11.1. The van der Waals surface area contributed by atoms with Gasteiger partial charge in [-0.15, -0.1) is 0 Å². The molecule has 0 aromatic heterocycles. The van der Waals surface area contributed by atoms with Crippen LogP contribution in [0.5, 0.6) is 0 Å². The highest BCUT2D eigenvalue weighted by molar-refractivity contribution is 4.97. The molecule has 0 aromatic carbocycles. The van der Waals surface area contributed by atoms with E-state index in [1.807, 2.05) is 0 Å². The number of ether oxygens (including phenoxy) is 2. The van der Waals surface area contributed by atoms with Crippen molar-refractivity contribution in [1.29, 1.82) is 0 Å². The first-order valence-corrected chi connectivity index (χ1v) is 7.76. The fraction of sp³-hybridized carbons (Fsp3) is 1.00. The molecule has 3 nitrogen and oxygen atoms in total. The zero-order chi connectivity index (χ0) is 12.7. The van der Waals surface area contributed by atoms with Crippen LogP contribution in [0, 0.1) is 5.41 Å². The Labute approximate surface area is 112 Å². The van der Waals surface area contributed by atoms with Crippen molar-refractivity contribution in [3.63, 3.8) is 0 Å². The smallest absolute Gasteiger partial charge is 0.0591 e. The van der Waals surface area contributed by atoms with E-state index in [-0.39, 0.29) is 0 Å². The second kappa shape index (κ2) is 7.46. The summed E-state index contributed by atoms with van der Waals surface area (Å²) in [4.78, 5) is 0. The largest absolute Gasteiger partial charge is 0.381 e. The van der Waals surface area contributed by atoms with Crippen LogP contribution in [-0.4, -0.2) is 39.0 Å². The molecule has 18 heavy (non-hydrogen) atoms. The summed E-state index contributed by atoms with van der Waals surface area (Å²) in [7, 11) is 0. The Balaban J connectivity index is 1.65. The zero-order valence-corrected chi connectivity index (χ0v) is 11.9. The Morgan fingerprint density at radius 2 is 2.06 bits per heavy atom. The molecule has 1 aliphatic carbocycles. The molecule has 2 rings (SSSR count). The lowest BCUT2D eigenvalue weighted by atomic mass is 9.75. The fourth-order valence-electron chi connectivity index (χ4n) is 3.49. The van der Waals surface area contributed by atoms with E-state index in [2.05, 4.69) is 12.2 Å². The highest BCUT2D eigenvalue weighted by Crippen LogP contribution is 2.45. The number of hydrogen-bond acceptors (Lipinski definition) is 3. The summed E-state index contributed by atoms with van der Waals surface area (Å²) in [5.74, 6) is 0. The monoisotopic (exact) mass is 255 g/mol. The maximum absolute atomic E-state index is 5.62. The van der Waals surface area contributed by atoms with Gasteiger partial charge in [-0.2, -0.15) is 0 Å². The molecule has 1 atom stereocenters. The van der Waals surface area contributed by atoms with E-state index in [1.165, 1.54) is 44.9 Å². The van der Waals surface area contributed by atoms with Crippen molar-refractivity contribution in [2.24, 2.45) is 5.41 Å². The minimum Gasteiger partial charge on any atom is -0.381 e. The lowest BCUT2D eigenvalue weighted by Crippen LogP contribution is -2.45. The molecule has 1 saturated carbocycles. The molecule has 2 aliphatic rings. The van der Waals surface area contributed by atoms with E-state index in [1.54, 1.807) is 0 Å². The van der Waals surface area contributed by atoms with Crippen molar-refractivity contribution < 1.29 is 9.47 Å². The van der Waals surface area contributed by atoms with E-state index in [4.69, 9.17) is 9.47 Å². The van der Waals surface area contributed by atoms with E-state index < -0.39 is 0 Å². The van der Waals surface area contributed by atoms with E-state index in [0.29, 0.717) is 11.5 Å². The predicted molar refractivity (Wildman–Crippen MR) is 73.9 cm³/mol. The van der Waals surface area contributed by atoms with E-state index in [9.17, 15) is 0 Å². The molecule has 2 fully saturated rings. The van der Waals surface area contributed by atoms with Crippen molar-refractivity contribution in [3.05, 3.63) is 0 Å². The molecular formula is C15H29NO2. The van der Waals surface area contributed by atoms with Gasteiger partial charge in [0.25, 0.3) is 0 Å². The average molecular weight is 255 g/mol. The predicted octanol–water partition coefficient (Wildman–Crippen LogP) is 2.74. The van der Waals surface area contributed by atoms with Gasteiger partial charge in [0, 0.05) is 32.4 Å². The number of nitrogens with one attached hydrogen (secondary N) is 1. The molecular weight excluding hydrogens is 226 g/mol. The molecule has 1 spiro atoms. The van der Waals surface area contributed by atoms with Crippen LogP contribution in [0.1, 0.15) is 51.9 Å². The van der Waals surface area contributed by atoms with Crippen LogP contribution in [0.15, 0.2) is 0 Å². The van der Waals surface area contributed by atoms with Crippen molar-refractivity contribution in [2.75, 3.05) is 33.0 Å². The van der Waals surface area contributed by atoms with Gasteiger partial charge in [0.15, 0.2) is 0 Å². The maximum Gasteiger partial charge on any atom is 0.0591 e. The van der Waals surface area contributed by atoms with Gasteiger partial charge >= 0.3 is 0 Å². The average Bonchev–Trinajstić information content (AvgIpc) is 2.77. The van der Waals surface area contributed by atoms with Gasteiger partial charge in [-0.25, -0.2) is 0 Å². The summed E-state index contributed by atoms with van der Waals surface area (Å²) >= 11 is 0. The molecule has 1 heterocycles. The highest BCUT2D eigenvalue weighted by atomic mass is 16.5. The third-order valence-electron chi connectivity index (χ3n) is 4.67. The molecule has 0 aromatic rings. The Morgan fingerprint density at radius 1 is 1.22 bits per heavy atom. The normalized spacial score (nSPS) is 26.8. The highest BCUT2D eigenvalue weighted by Gasteiger charge is 2.43. The third-order valence-corrected chi connectivity index (χ3v) is 4.67. The number of hydrogen-bond donors (Lipinski definition) is 1. The first-order chi connectivity index (χ1) is 8.87. The lowest BCUT2D eigenvalue weighted by molar-refractivity contribution is 0.00308. The molecule has 3 heteroatoms. The topological polar surface area (TPSA) is 30.5 Å². The van der Waals surface area contributed by atoms with Gasteiger partial charge in [0.05, 0.1) is 6.61 Å². The molecule has 1 N–H and O–H groups in total. The van der Waals surface area contributed by atoms with Crippen molar-refractivity contribution in [2.45, 2.75) is 57.9 Å². The maximum atomic E-state index is 5.62. The lowest BCUT2D eigenvalue weighted by Gasteiger charge is -2.39.